The second-order valence-electron chi connectivity index (χ2n) is 5.20. The van der Waals surface area contributed by atoms with Gasteiger partial charge < -0.3 is 11.1 Å². The molecule has 3 N–H and O–H groups in total. The van der Waals surface area contributed by atoms with Crippen molar-refractivity contribution in [2.24, 2.45) is 5.73 Å². The Morgan fingerprint density at radius 3 is 2.79 bits per heavy atom. The van der Waals surface area contributed by atoms with Crippen molar-refractivity contribution in [1.29, 1.82) is 0 Å². The van der Waals surface area contributed by atoms with E-state index in [1.54, 1.807) is 23.1 Å². The molecule has 19 heavy (non-hydrogen) atoms. The number of carbonyl (C=O) groups is 1. The summed E-state index contributed by atoms with van der Waals surface area (Å²) in [6.07, 6.45) is 1.68. The van der Waals surface area contributed by atoms with E-state index in [4.69, 9.17) is 5.73 Å². The average molecular weight is 301 g/mol. The van der Waals surface area contributed by atoms with Gasteiger partial charge in [0.2, 0.25) is 5.91 Å². The number of hydrogen-bond donors (Lipinski definition) is 2. The van der Waals surface area contributed by atoms with Crippen LogP contribution in [0.25, 0.3) is 0 Å². The van der Waals surface area contributed by atoms with Crippen molar-refractivity contribution in [3.05, 3.63) is 11.1 Å². The van der Waals surface area contributed by atoms with Crippen LogP contribution in [0.15, 0.2) is 9.72 Å². The van der Waals surface area contributed by atoms with Crippen molar-refractivity contribution in [2.45, 2.75) is 56.5 Å². The van der Waals surface area contributed by atoms with Crippen LogP contribution < -0.4 is 11.1 Å². The summed E-state index contributed by atoms with van der Waals surface area (Å²) >= 11 is 3.41. The maximum atomic E-state index is 11.6. The molecule has 0 aliphatic heterocycles. The van der Waals surface area contributed by atoms with Gasteiger partial charge in [-0.15, -0.1) is 11.3 Å². The molecule has 0 saturated heterocycles. The summed E-state index contributed by atoms with van der Waals surface area (Å²) in [5.74, 6) is 0.673. The van der Waals surface area contributed by atoms with E-state index in [-0.39, 0.29) is 11.9 Å². The number of hydrogen-bond acceptors (Lipinski definition) is 5. The van der Waals surface area contributed by atoms with Gasteiger partial charge in [-0.25, -0.2) is 4.98 Å². The lowest BCUT2D eigenvalue weighted by atomic mass is 9.94. The number of carbonyl (C=O) groups excluding carboxylic acids is 1. The summed E-state index contributed by atoms with van der Waals surface area (Å²) in [7, 11) is 0. The summed E-state index contributed by atoms with van der Waals surface area (Å²) in [5.41, 5.74) is 5.95. The van der Waals surface area contributed by atoms with E-state index in [2.05, 4.69) is 15.7 Å². The van der Waals surface area contributed by atoms with Crippen LogP contribution in [0.4, 0.5) is 0 Å². The van der Waals surface area contributed by atoms with E-state index < -0.39 is 5.54 Å². The van der Waals surface area contributed by atoms with Gasteiger partial charge in [-0.3, -0.25) is 4.79 Å². The van der Waals surface area contributed by atoms with Gasteiger partial charge in [0.1, 0.15) is 4.34 Å². The molecule has 0 fully saturated rings. The van der Waals surface area contributed by atoms with Gasteiger partial charge in [0.25, 0.3) is 0 Å². The molecule has 0 spiro atoms. The lowest BCUT2D eigenvalue weighted by molar-refractivity contribution is -0.124. The van der Waals surface area contributed by atoms with Crippen molar-refractivity contribution in [2.75, 3.05) is 5.75 Å². The van der Waals surface area contributed by atoms with Gasteiger partial charge in [0, 0.05) is 22.9 Å². The molecule has 1 aromatic rings. The van der Waals surface area contributed by atoms with Crippen molar-refractivity contribution >= 4 is 29.0 Å². The Morgan fingerprint density at radius 2 is 2.32 bits per heavy atom. The van der Waals surface area contributed by atoms with Gasteiger partial charge in [-0.1, -0.05) is 11.8 Å². The van der Waals surface area contributed by atoms with Crippen LogP contribution in [0.3, 0.4) is 0 Å². The Labute approximate surface area is 123 Å². The molecular weight excluding hydrogens is 278 g/mol. The molecule has 0 aliphatic carbocycles. The van der Waals surface area contributed by atoms with Crippen LogP contribution in [0, 0.1) is 6.92 Å². The summed E-state index contributed by atoms with van der Waals surface area (Å²) in [6, 6.07) is 0.242. The van der Waals surface area contributed by atoms with Crippen LogP contribution in [-0.2, 0) is 4.79 Å². The molecule has 1 unspecified atom stereocenters. The topological polar surface area (TPSA) is 68.0 Å². The molecule has 4 nitrogen and oxygen atoms in total. The third-order valence-corrected chi connectivity index (χ3v) is 5.02. The zero-order chi connectivity index (χ0) is 14.5. The Hall–Kier alpha value is -0.590. The van der Waals surface area contributed by atoms with E-state index >= 15 is 0 Å². The molecule has 0 aliphatic rings. The summed E-state index contributed by atoms with van der Waals surface area (Å²) in [6.45, 7) is 7.92. The number of aromatic nitrogens is 1. The molecule has 1 heterocycles. The van der Waals surface area contributed by atoms with E-state index in [1.807, 2.05) is 27.7 Å². The van der Waals surface area contributed by atoms with Crippen LogP contribution in [0.2, 0.25) is 0 Å². The number of nitrogens with two attached hydrogens (primary N) is 1. The zero-order valence-electron chi connectivity index (χ0n) is 12.0. The number of primary amides is 1. The molecule has 108 valence electrons. The number of thioether (sulfide) groups is 1. The minimum absolute atomic E-state index is 0.242. The highest BCUT2D eigenvalue weighted by atomic mass is 32.2. The molecular formula is C13H23N3OS2. The zero-order valence-corrected chi connectivity index (χ0v) is 13.7. The maximum absolute atomic E-state index is 11.6. The molecule has 1 rings (SSSR count). The average Bonchev–Trinajstić information content (AvgIpc) is 2.69. The normalized spacial score (nSPS) is 14.6. The third kappa shape index (κ3) is 5.50. The first-order valence-corrected chi connectivity index (χ1v) is 8.32. The highest BCUT2D eigenvalue weighted by Crippen LogP contribution is 2.24. The summed E-state index contributed by atoms with van der Waals surface area (Å²) < 4.78 is 1.09. The largest absolute Gasteiger partial charge is 0.368 e. The quantitative estimate of drug-likeness (QED) is 0.572. The van der Waals surface area contributed by atoms with Crippen molar-refractivity contribution in [3.8, 4) is 0 Å². The molecule has 0 saturated carbocycles. The fourth-order valence-electron chi connectivity index (χ4n) is 1.89. The fourth-order valence-corrected chi connectivity index (χ4v) is 3.75. The number of amides is 1. The SMILES string of the molecule is Cc1csc(SCCCC(C)(NC(C)C)C(N)=O)n1. The third-order valence-electron chi connectivity index (χ3n) is 2.80. The predicted octanol–water partition coefficient (Wildman–Crippen LogP) is 2.57. The Balaban J connectivity index is 2.38. The highest BCUT2D eigenvalue weighted by Gasteiger charge is 2.30. The first kappa shape index (κ1) is 16.5. The summed E-state index contributed by atoms with van der Waals surface area (Å²) in [5, 5.41) is 5.31. The Bertz CT molecular complexity index is 420. The number of thiazole rings is 1. The Morgan fingerprint density at radius 1 is 1.63 bits per heavy atom. The van der Waals surface area contributed by atoms with Crippen LogP contribution in [0.5, 0.6) is 0 Å². The molecule has 1 aromatic heterocycles. The molecule has 6 heteroatoms. The molecule has 1 atom stereocenters. The first-order chi connectivity index (χ1) is 8.83. The fraction of sp³-hybridized carbons (Fsp3) is 0.692. The second kappa shape index (κ2) is 7.26. The summed E-state index contributed by atoms with van der Waals surface area (Å²) in [4.78, 5) is 16.0. The molecule has 0 aromatic carbocycles. The van der Waals surface area contributed by atoms with E-state index in [9.17, 15) is 4.79 Å². The standard InChI is InChI=1S/C13H23N3OS2/c1-9(2)16-13(4,11(14)17)6-5-7-18-12-15-10(3)8-19-12/h8-9,16H,5-7H2,1-4H3,(H2,14,17). The number of nitrogens with zero attached hydrogens (tertiary/aromatic N) is 1. The molecule has 1 amide bonds. The van der Waals surface area contributed by atoms with Gasteiger partial charge in [-0.05, 0) is 40.5 Å². The highest BCUT2D eigenvalue weighted by molar-refractivity contribution is 8.00. The lowest BCUT2D eigenvalue weighted by Crippen LogP contribution is -2.55. The number of rotatable bonds is 8. The smallest absolute Gasteiger partial charge is 0.237 e. The lowest BCUT2D eigenvalue weighted by Gasteiger charge is -2.29. The van der Waals surface area contributed by atoms with Crippen molar-refractivity contribution in [3.63, 3.8) is 0 Å². The second-order valence-corrected chi connectivity index (χ2v) is 7.40. The predicted molar refractivity (Wildman–Crippen MR) is 82.7 cm³/mol. The van der Waals surface area contributed by atoms with Gasteiger partial charge in [0.15, 0.2) is 0 Å². The number of nitrogens with one attached hydrogen (secondary N) is 1. The van der Waals surface area contributed by atoms with Gasteiger partial charge in [0.05, 0.1) is 5.54 Å². The monoisotopic (exact) mass is 301 g/mol. The Kier molecular flexibility index (Phi) is 6.29. The van der Waals surface area contributed by atoms with Crippen LogP contribution in [0.1, 0.15) is 39.3 Å². The minimum Gasteiger partial charge on any atom is -0.368 e. The van der Waals surface area contributed by atoms with E-state index in [1.165, 1.54) is 0 Å². The maximum Gasteiger partial charge on any atom is 0.237 e. The van der Waals surface area contributed by atoms with Crippen molar-refractivity contribution in [1.82, 2.24) is 10.3 Å². The molecule has 0 radical (unpaired) electrons. The van der Waals surface area contributed by atoms with E-state index in [0.29, 0.717) is 0 Å². The van der Waals surface area contributed by atoms with Gasteiger partial charge in [-0.2, -0.15) is 0 Å². The van der Waals surface area contributed by atoms with E-state index in [0.717, 1.165) is 28.6 Å². The van der Waals surface area contributed by atoms with Crippen LogP contribution in [-0.4, -0.2) is 28.2 Å². The van der Waals surface area contributed by atoms with Crippen molar-refractivity contribution < 1.29 is 4.79 Å². The van der Waals surface area contributed by atoms with Crippen LogP contribution >= 0.6 is 23.1 Å². The first-order valence-electron chi connectivity index (χ1n) is 6.46. The minimum atomic E-state index is -0.618. The molecule has 0 bridgehead atoms. The van der Waals surface area contributed by atoms with Gasteiger partial charge >= 0.3 is 0 Å². The number of aryl methyl sites for hydroxylation is 1.